The monoisotopic (exact) mass is 329 g/mol. The average Bonchev–Trinajstić information content (AvgIpc) is 3.07. The molecule has 8 nitrogen and oxygen atoms in total. The fourth-order valence-corrected chi connectivity index (χ4v) is 2.52. The predicted octanol–water partition coefficient (Wildman–Crippen LogP) is 2.12. The Kier molecular flexibility index (Phi) is 3.95. The highest BCUT2D eigenvalue weighted by Crippen LogP contribution is 2.41. The Balaban J connectivity index is 2.36. The molecular weight excluding hydrogens is 314 g/mol. The molecule has 0 radical (unpaired) electrons. The van der Waals surface area contributed by atoms with Crippen molar-refractivity contribution in [3.8, 4) is 28.5 Å². The molecule has 0 amide bonds. The summed E-state index contributed by atoms with van der Waals surface area (Å²) >= 11 is 0. The lowest BCUT2D eigenvalue weighted by Crippen LogP contribution is -2.07. The normalized spacial score (nSPS) is 10.6. The topological polar surface area (TPSA) is 95.2 Å². The van der Waals surface area contributed by atoms with Crippen molar-refractivity contribution in [2.24, 2.45) is 0 Å². The van der Waals surface area contributed by atoms with Gasteiger partial charge in [0.15, 0.2) is 17.1 Å². The minimum atomic E-state index is -1.11. The van der Waals surface area contributed by atoms with Crippen molar-refractivity contribution >= 4 is 11.6 Å². The number of hydrogen-bond acceptors (Lipinski definition) is 6. The van der Waals surface area contributed by atoms with Gasteiger partial charge in [-0.1, -0.05) is 0 Å². The third kappa shape index (κ3) is 2.37. The molecule has 3 rings (SSSR count). The number of aromatic nitrogens is 3. The van der Waals surface area contributed by atoms with Gasteiger partial charge in [0, 0.05) is 17.8 Å². The fraction of sp³-hybridized carbons (Fsp3) is 0.188. The van der Waals surface area contributed by atoms with Crippen LogP contribution in [-0.2, 0) is 0 Å². The third-order valence-corrected chi connectivity index (χ3v) is 3.58. The second kappa shape index (κ2) is 6.07. The van der Waals surface area contributed by atoms with Gasteiger partial charge in [0.05, 0.1) is 33.2 Å². The van der Waals surface area contributed by atoms with Gasteiger partial charge in [0.1, 0.15) is 5.56 Å². The number of aromatic carboxylic acids is 1. The first-order chi connectivity index (χ1) is 11.6. The first-order valence-electron chi connectivity index (χ1n) is 6.97. The maximum atomic E-state index is 11.6. The predicted molar refractivity (Wildman–Crippen MR) is 85.0 cm³/mol. The van der Waals surface area contributed by atoms with Crippen LogP contribution in [0.5, 0.6) is 17.2 Å². The first-order valence-corrected chi connectivity index (χ1v) is 6.97. The van der Waals surface area contributed by atoms with Crippen LogP contribution in [0.4, 0.5) is 0 Å². The van der Waals surface area contributed by atoms with Crippen LogP contribution in [0.1, 0.15) is 10.4 Å². The van der Waals surface area contributed by atoms with E-state index in [9.17, 15) is 9.90 Å². The van der Waals surface area contributed by atoms with Gasteiger partial charge in [-0.15, -0.1) is 0 Å². The number of carbonyl (C=O) groups is 1. The van der Waals surface area contributed by atoms with Crippen molar-refractivity contribution in [3.63, 3.8) is 0 Å². The lowest BCUT2D eigenvalue weighted by atomic mass is 10.1. The molecule has 0 bridgehead atoms. The van der Waals surface area contributed by atoms with Gasteiger partial charge in [-0.25, -0.2) is 14.3 Å². The van der Waals surface area contributed by atoms with E-state index < -0.39 is 5.97 Å². The number of fused-ring (bicyclic) bond motifs is 1. The molecule has 0 aliphatic rings. The van der Waals surface area contributed by atoms with Gasteiger partial charge in [-0.05, 0) is 12.1 Å². The number of carboxylic acids is 1. The fourth-order valence-electron chi connectivity index (χ4n) is 2.52. The molecule has 0 unspecified atom stereocenters. The number of hydrogen-bond donors (Lipinski definition) is 1. The van der Waals surface area contributed by atoms with E-state index in [4.69, 9.17) is 14.2 Å². The zero-order valence-corrected chi connectivity index (χ0v) is 13.3. The Morgan fingerprint density at radius 3 is 2.33 bits per heavy atom. The summed E-state index contributed by atoms with van der Waals surface area (Å²) in [6, 6.07) is 5.03. The van der Waals surface area contributed by atoms with Crippen LogP contribution < -0.4 is 14.2 Å². The van der Waals surface area contributed by atoms with Crippen LogP contribution in [0.15, 0.2) is 30.6 Å². The molecule has 0 fully saturated rings. The van der Waals surface area contributed by atoms with E-state index in [0.717, 1.165) is 0 Å². The zero-order chi connectivity index (χ0) is 17.3. The summed E-state index contributed by atoms with van der Waals surface area (Å²) in [6.45, 7) is 0. The number of nitrogens with zero attached hydrogens (tertiary/aromatic N) is 3. The van der Waals surface area contributed by atoms with Gasteiger partial charge in [-0.3, -0.25) is 0 Å². The van der Waals surface area contributed by atoms with Crippen LogP contribution in [0.3, 0.4) is 0 Å². The van der Waals surface area contributed by atoms with Crippen LogP contribution in [-0.4, -0.2) is 47.0 Å². The molecule has 0 saturated carbocycles. The van der Waals surface area contributed by atoms with E-state index in [-0.39, 0.29) is 5.56 Å². The summed E-state index contributed by atoms with van der Waals surface area (Å²) in [6.07, 6.45) is 2.85. The Morgan fingerprint density at radius 1 is 1.12 bits per heavy atom. The van der Waals surface area contributed by atoms with Crippen LogP contribution in [0.25, 0.3) is 16.9 Å². The van der Waals surface area contributed by atoms with Crippen molar-refractivity contribution in [2.45, 2.75) is 0 Å². The summed E-state index contributed by atoms with van der Waals surface area (Å²) in [4.78, 5) is 15.7. The smallest absolute Gasteiger partial charge is 0.339 e. The number of ether oxygens (including phenoxy) is 3. The lowest BCUT2D eigenvalue weighted by Gasteiger charge is -2.15. The SMILES string of the molecule is COc1cc(-c2c(C(=O)O)cnc3ccnn23)cc(OC)c1OC. The summed E-state index contributed by atoms with van der Waals surface area (Å²) in [7, 11) is 4.49. The van der Waals surface area contributed by atoms with Crippen molar-refractivity contribution in [3.05, 3.63) is 36.2 Å². The molecular formula is C16H15N3O5. The zero-order valence-electron chi connectivity index (χ0n) is 13.3. The molecule has 1 aromatic carbocycles. The van der Waals surface area contributed by atoms with E-state index in [1.807, 2.05) is 0 Å². The van der Waals surface area contributed by atoms with Crippen molar-refractivity contribution < 1.29 is 24.1 Å². The summed E-state index contributed by atoms with van der Waals surface area (Å²) in [5.74, 6) is 0.149. The standard InChI is InChI=1S/C16H15N3O5/c1-22-11-6-9(7-12(23-2)15(11)24-3)14-10(16(20)21)8-17-13-4-5-18-19(13)14/h4-8H,1-3H3,(H,20,21). The second-order valence-corrected chi connectivity index (χ2v) is 4.84. The van der Waals surface area contributed by atoms with Gasteiger partial charge < -0.3 is 19.3 Å². The minimum Gasteiger partial charge on any atom is -0.493 e. The second-order valence-electron chi connectivity index (χ2n) is 4.84. The summed E-state index contributed by atoms with van der Waals surface area (Å²) < 4.78 is 17.4. The molecule has 3 aromatic rings. The first kappa shape index (κ1) is 15.6. The average molecular weight is 329 g/mol. The number of rotatable bonds is 5. The maximum absolute atomic E-state index is 11.6. The van der Waals surface area contributed by atoms with Gasteiger partial charge in [0.2, 0.25) is 5.75 Å². The van der Waals surface area contributed by atoms with E-state index in [1.165, 1.54) is 32.0 Å². The van der Waals surface area contributed by atoms with Crippen molar-refractivity contribution in [2.75, 3.05) is 21.3 Å². The minimum absolute atomic E-state index is 0.0143. The highest BCUT2D eigenvalue weighted by molar-refractivity contribution is 5.95. The molecule has 0 atom stereocenters. The van der Waals surface area contributed by atoms with E-state index in [1.54, 1.807) is 24.4 Å². The quantitative estimate of drug-likeness (QED) is 0.766. The molecule has 0 aliphatic carbocycles. The molecule has 124 valence electrons. The number of carboxylic acid groups (broad SMARTS) is 1. The highest BCUT2D eigenvalue weighted by Gasteiger charge is 2.21. The number of benzene rings is 1. The third-order valence-electron chi connectivity index (χ3n) is 3.58. The lowest BCUT2D eigenvalue weighted by molar-refractivity contribution is 0.0696. The van der Waals surface area contributed by atoms with Gasteiger partial charge in [0.25, 0.3) is 0 Å². The molecule has 2 aromatic heterocycles. The summed E-state index contributed by atoms with van der Waals surface area (Å²) in [5, 5.41) is 13.7. The Hall–Kier alpha value is -3.29. The highest BCUT2D eigenvalue weighted by atomic mass is 16.5. The number of methoxy groups -OCH3 is 3. The Morgan fingerprint density at radius 2 is 1.79 bits per heavy atom. The summed E-state index contributed by atoms with van der Waals surface area (Å²) in [5.41, 5.74) is 1.47. The van der Waals surface area contributed by atoms with Crippen molar-refractivity contribution in [1.29, 1.82) is 0 Å². The molecule has 24 heavy (non-hydrogen) atoms. The van der Waals surface area contributed by atoms with E-state index in [0.29, 0.717) is 34.2 Å². The van der Waals surface area contributed by atoms with Gasteiger partial charge in [-0.2, -0.15) is 5.10 Å². The van der Waals surface area contributed by atoms with Gasteiger partial charge >= 0.3 is 5.97 Å². The molecule has 1 N–H and O–H groups in total. The molecule has 0 saturated heterocycles. The van der Waals surface area contributed by atoms with Crippen LogP contribution in [0, 0.1) is 0 Å². The molecule has 8 heteroatoms. The Labute approximate surface area is 137 Å². The molecule has 0 spiro atoms. The largest absolute Gasteiger partial charge is 0.493 e. The van der Waals surface area contributed by atoms with E-state index >= 15 is 0 Å². The Bertz CT molecular complexity index is 894. The maximum Gasteiger partial charge on any atom is 0.339 e. The molecule has 0 aliphatic heterocycles. The molecule has 2 heterocycles. The van der Waals surface area contributed by atoms with Crippen LogP contribution in [0.2, 0.25) is 0 Å². The van der Waals surface area contributed by atoms with E-state index in [2.05, 4.69) is 10.1 Å². The van der Waals surface area contributed by atoms with Crippen molar-refractivity contribution in [1.82, 2.24) is 14.6 Å². The van der Waals surface area contributed by atoms with Crippen LogP contribution >= 0.6 is 0 Å².